The lowest BCUT2D eigenvalue weighted by atomic mass is 9.69. The van der Waals surface area contributed by atoms with Crippen molar-refractivity contribution in [2.45, 2.75) is 44.6 Å². The average Bonchev–Trinajstić information content (AvgIpc) is 2.61. The molecule has 1 aromatic carbocycles. The van der Waals surface area contributed by atoms with E-state index in [-0.39, 0.29) is 5.54 Å². The van der Waals surface area contributed by atoms with Gasteiger partial charge in [-0.3, -0.25) is 4.98 Å². The SMILES string of the molecule is CCCC(N)(c1ccccn1)C1CCc2cccc(OC)c2C1. The molecule has 23 heavy (non-hydrogen) atoms. The van der Waals surface area contributed by atoms with Gasteiger partial charge in [0.05, 0.1) is 18.3 Å². The van der Waals surface area contributed by atoms with Gasteiger partial charge in [0.1, 0.15) is 5.75 Å². The van der Waals surface area contributed by atoms with E-state index in [4.69, 9.17) is 10.5 Å². The van der Waals surface area contributed by atoms with Crippen molar-refractivity contribution in [3.8, 4) is 5.75 Å². The van der Waals surface area contributed by atoms with Gasteiger partial charge in [-0.1, -0.05) is 31.5 Å². The Hall–Kier alpha value is -1.87. The molecule has 0 spiro atoms. The number of hydrogen-bond acceptors (Lipinski definition) is 3. The van der Waals surface area contributed by atoms with Crippen LogP contribution in [0.2, 0.25) is 0 Å². The first-order chi connectivity index (χ1) is 11.2. The van der Waals surface area contributed by atoms with Crippen LogP contribution in [0.15, 0.2) is 42.6 Å². The molecule has 122 valence electrons. The van der Waals surface area contributed by atoms with Crippen LogP contribution in [0.3, 0.4) is 0 Å². The van der Waals surface area contributed by atoms with Gasteiger partial charge in [-0.2, -0.15) is 0 Å². The smallest absolute Gasteiger partial charge is 0.122 e. The maximum absolute atomic E-state index is 6.95. The number of aromatic nitrogens is 1. The minimum Gasteiger partial charge on any atom is -0.496 e. The molecule has 1 aliphatic rings. The van der Waals surface area contributed by atoms with Crippen molar-refractivity contribution in [2.24, 2.45) is 11.7 Å². The standard InChI is InChI=1S/C20H26N2O/c1-3-12-20(21,19-9-4-5-13-22-19)16-11-10-15-7-6-8-18(23-2)17(15)14-16/h4-9,13,16H,3,10-12,14,21H2,1-2H3. The van der Waals surface area contributed by atoms with Gasteiger partial charge in [0.2, 0.25) is 0 Å². The summed E-state index contributed by atoms with van der Waals surface area (Å²) in [6.07, 6.45) is 7.00. The molecule has 0 saturated heterocycles. The number of aryl methyl sites for hydroxylation is 1. The summed E-state index contributed by atoms with van der Waals surface area (Å²) in [7, 11) is 1.75. The maximum atomic E-state index is 6.95. The van der Waals surface area contributed by atoms with E-state index in [2.05, 4.69) is 36.2 Å². The number of fused-ring (bicyclic) bond motifs is 1. The van der Waals surface area contributed by atoms with Crippen molar-refractivity contribution >= 4 is 0 Å². The summed E-state index contributed by atoms with van der Waals surface area (Å²) in [6.45, 7) is 2.20. The van der Waals surface area contributed by atoms with E-state index >= 15 is 0 Å². The van der Waals surface area contributed by atoms with Crippen LogP contribution in [0.25, 0.3) is 0 Å². The fourth-order valence-electron chi connectivity index (χ4n) is 3.98. The van der Waals surface area contributed by atoms with Gasteiger partial charge in [0, 0.05) is 6.20 Å². The highest BCUT2D eigenvalue weighted by Gasteiger charge is 2.39. The third-order valence-corrected chi connectivity index (χ3v) is 5.20. The predicted molar refractivity (Wildman–Crippen MR) is 93.5 cm³/mol. The van der Waals surface area contributed by atoms with Gasteiger partial charge in [-0.25, -0.2) is 0 Å². The summed E-state index contributed by atoms with van der Waals surface area (Å²) in [6, 6.07) is 12.4. The second-order valence-corrected chi connectivity index (χ2v) is 6.54. The molecule has 0 fully saturated rings. The highest BCUT2D eigenvalue weighted by molar-refractivity contribution is 5.42. The fraction of sp³-hybridized carbons (Fsp3) is 0.450. The lowest BCUT2D eigenvalue weighted by Gasteiger charge is -2.40. The Morgan fingerprint density at radius 2 is 2.13 bits per heavy atom. The summed E-state index contributed by atoms with van der Waals surface area (Å²) in [5.41, 5.74) is 10.3. The lowest BCUT2D eigenvalue weighted by Crippen LogP contribution is -2.47. The van der Waals surface area contributed by atoms with E-state index in [0.717, 1.165) is 43.5 Å². The molecule has 2 aromatic rings. The minimum absolute atomic E-state index is 0.367. The molecule has 2 unspecified atom stereocenters. The molecule has 0 aliphatic heterocycles. The van der Waals surface area contributed by atoms with Crippen LogP contribution < -0.4 is 10.5 Å². The molecule has 0 radical (unpaired) electrons. The van der Waals surface area contributed by atoms with Crippen LogP contribution in [0.1, 0.15) is 43.0 Å². The van der Waals surface area contributed by atoms with Gasteiger partial charge in [-0.05, 0) is 60.9 Å². The molecule has 0 saturated carbocycles. The molecule has 0 amide bonds. The fourth-order valence-corrected chi connectivity index (χ4v) is 3.98. The largest absolute Gasteiger partial charge is 0.496 e. The van der Waals surface area contributed by atoms with Crippen molar-refractivity contribution in [3.63, 3.8) is 0 Å². The average molecular weight is 310 g/mol. The Morgan fingerprint density at radius 1 is 1.26 bits per heavy atom. The quantitative estimate of drug-likeness (QED) is 0.912. The molecule has 1 aromatic heterocycles. The maximum Gasteiger partial charge on any atom is 0.122 e. The Labute approximate surface area is 138 Å². The lowest BCUT2D eigenvalue weighted by molar-refractivity contribution is 0.220. The van der Waals surface area contributed by atoms with E-state index in [0.29, 0.717) is 5.92 Å². The second kappa shape index (κ2) is 6.71. The Kier molecular flexibility index (Phi) is 4.67. The number of rotatable bonds is 5. The van der Waals surface area contributed by atoms with E-state index in [1.165, 1.54) is 11.1 Å². The van der Waals surface area contributed by atoms with E-state index < -0.39 is 0 Å². The molecule has 1 aliphatic carbocycles. The van der Waals surface area contributed by atoms with Crippen molar-refractivity contribution < 1.29 is 4.74 Å². The van der Waals surface area contributed by atoms with Gasteiger partial charge in [0.25, 0.3) is 0 Å². The third-order valence-electron chi connectivity index (χ3n) is 5.20. The number of pyridine rings is 1. The minimum atomic E-state index is -0.367. The molecule has 2 N–H and O–H groups in total. The molecule has 3 rings (SSSR count). The Bertz CT molecular complexity index is 642. The second-order valence-electron chi connectivity index (χ2n) is 6.54. The van der Waals surface area contributed by atoms with Crippen molar-refractivity contribution in [1.82, 2.24) is 4.98 Å². The zero-order valence-corrected chi connectivity index (χ0v) is 14.1. The molecule has 1 heterocycles. The molecule has 3 heteroatoms. The summed E-state index contributed by atoms with van der Waals surface area (Å²) in [5, 5.41) is 0. The molecular weight excluding hydrogens is 284 g/mol. The number of benzene rings is 1. The first-order valence-electron chi connectivity index (χ1n) is 8.54. The predicted octanol–water partition coefficient (Wildman–Crippen LogP) is 3.85. The summed E-state index contributed by atoms with van der Waals surface area (Å²) >= 11 is 0. The molecule has 3 nitrogen and oxygen atoms in total. The van der Waals surface area contributed by atoms with Gasteiger partial charge >= 0.3 is 0 Å². The van der Waals surface area contributed by atoms with Crippen LogP contribution in [-0.4, -0.2) is 12.1 Å². The van der Waals surface area contributed by atoms with Crippen molar-refractivity contribution in [1.29, 1.82) is 0 Å². The number of nitrogens with zero attached hydrogens (tertiary/aromatic N) is 1. The topological polar surface area (TPSA) is 48.1 Å². The van der Waals surface area contributed by atoms with Crippen LogP contribution in [0, 0.1) is 5.92 Å². The van der Waals surface area contributed by atoms with Crippen LogP contribution >= 0.6 is 0 Å². The first-order valence-corrected chi connectivity index (χ1v) is 8.54. The monoisotopic (exact) mass is 310 g/mol. The highest BCUT2D eigenvalue weighted by atomic mass is 16.5. The summed E-state index contributed by atoms with van der Waals surface area (Å²) in [5.74, 6) is 1.38. The summed E-state index contributed by atoms with van der Waals surface area (Å²) in [4.78, 5) is 4.59. The Balaban J connectivity index is 1.96. The third kappa shape index (κ3) is 2.98. The van der Waals surface area contributed by atoms with E-state index in [1.54, 1.807) is 7.11 Å². The van der Waals surface area contributed by atoms with Crippen LogP contribution in [0.5, 0.6) is 5.75 Å². The van der Waals surface area contributed by atoms with Gasteiger partial charge in [0.15, 0.2) is 0 Å². The number of nitrogens with two attached hydrogens (primary N) is 1. The van der Waals surface area contributed by atoms with Gasteiger partial charge in [-0.15, -0.1) is 0 Å². The van der Waals surface area contributed by atoms with Crippen molar-refractivity contribution in [3.05, 3.63) is 59.4 Å². The van der Waals surface area contributed by atoms with Crippen molar-refractivity contribution in [2.75, 3.05) is 7.11 Å². The first kappa shape index (κ1) is 16.0. The van der Waals surface area contributed by atoms with Crippen LogP contribution in [-0.2, 0) is 18.4 Å². The zero-order valence-electron chi connectivity index (χ0n) is 14.1. The highest BCUT2D eigenvalue weighted by Crippen LogP contribution is 2.41. The van der Waals surface area contributed by atoms with E-state index in [9.17, 15) is 0 Å². The molecular formula is C20H26N2O. The molecule has 0 bridgehead atoms. The zero-order chi connectivity index (χ0) is 16.3. The van der Waals surface area contributed by atoms with Gasteiger partial charge < -0.3 is 10.5 Å². The molecule has 2 atom stereocenters. The Morgan fingerprint density at radius 3 is 2.83 bits per heavy atom. The van der Waals surface area contributed by atoms with Crippen LogP contribution in [0.4, 0.5) is 0 Å². The summed E-state index contributed by atoms with van der Waals surface area (Å²) < 4.78 is 5.58. The normalized spacial score (nSPS) is 19.7. The number of hydrogen-bond donors (Lipinski definition) is 1. The number of methoxy groups -OCH3 is 1. The van der Waals surface area contributed by atoms with E-state index in [1.807, 2.05) is 18.3 Å². The number of ether oxygens (including phenoxy) is 1.